The van der Waals surface area contributed by atoms with Gasteiger partial charge in [-0.15, -0.1) is 0 Å². The molecule has 4 heteroatoms. The Bertz CT molecular complexity index is 454. The van der Waals surface area contributed by atoms with Crippen molar-refractivity contribution in [2.45, 2.75) is 13.2 Å². The maximum Gasteiger partial charge on any atom is 0.407 e. The Morgan fingerprint density at radius 3 is 2.71 bits per heavy atom. The molecule has 1 heterocycles. The highest BCUT2D eigenvalue weighted by Crippen LogP contribution is 2.05. The number of rotatable bonds is 4. The van der Waals surface area contributed by atoms with Gasteiger partial charge in [0.25, 0.3) is 0 Å². The van der Waals surface area contributed by atoms with Crippen LogP contribution in [-0.4, -0.2) is 6.09 Å². The van der Waals surface area contributed by atoms with E-state index in [1.54, 1.807) is 11.3 Å². The van der Waals surface area contributed by atoms with Crippen molar-refractivity contribution < 1.29 is 9.53 Å². The zero-order valence-corrected chi connectivity index (χ0v) is 10.1. The quantitative estimate of drug-likeness (QED) is 0.901. The summed E-state index contributed by atoms with van der Waals surface area (Å²) in [6.45, 7) is 0.813. The second-order valence-electron chi connectivity index (χ2n) is 3.55. The molecule has 0 radical (unpaired) electrons. The number of alkyl carbamates (subject to hydrolysis) is 1. The summed E-state index contributed by atoms with van der Waals surface area (Å²) in [6.07, 6.45) is -0.389. The molecule has 0 bridgehead atoms. The second kappa shape index (κ2) is 6.06. The van der Waals surface area contributed by atoms with Gasteiger partial charge in [0, 0.05) is 6.54 Å². The van der Waals surface area contributed by atoms with E-state index in [-0.39, 0.29) is 6.09 Å². The summed E-state index contributed by atoms with van der Waals surface area (Å²) in [4.78, 5) is 11.4. The lowest BCUT2D eigenvalue weighted by Crippen LogP contribution is -2.23. The van der Waals surface area contributed by atoms with Gasteiger partial charge in [-0.1, -0.05) is 30.3 Å². The number of amides is 1. The van der Waals surface area contributed by atoms with E-state index >= 15 is 0 Å². The lowest BCUT2D eigenvalue weighted by molar-refractivity contribution is 0.139. The summed E-state index contributed by atoms with van der Waals surface area (Å²) >= 11 is 1.61. The van der Waals surface area contributed by atoms with Gasteiger partial charge < -0.3 is 10.1 Å². The summed E-state index contributed by atoms with van der Waals surface area (Å²) < 4.78 is 5.08. The monoisotopic (exact) mass is 247 g/mol. The first-order valence-corrected chi connectivity index (χ1v) is 6.24. The minimum absolute atomic E-state index is 0.302. The van der Waals surface area contributed by atoms with Crippen LogP contribution in [0.3, 0.4) is 0 Å². The predicted octanol–water partition coefficient (Wildman–Crippen LogP) is 3.17. The number of hydrogen-bond donors (Lipinski definition) is 1. The highest BCUT2D eigenvalue weighted by atomic mass is 32.1. The van der Waals surface area contributed by atoms with Crippen molar-refractivity contribution in [3.05, 3.63) is 58.3 Å². The molecule has 0 fully saturated rings. The van der Waals surface area contributed by atoms with Crippen molar-refractivity contribution in [2.24, 2.45) is 0 Å². The Morgan fingerprint density at radius 1 is 1.18 bits per heavy atom. The molecule has 1 aromatic carbocycles. The highest BCUT2D eigenvalue weighted by Gasteiger charge is 2.02. The lowest BCUT2D eigenvalue weighted by Gasteiger charge is -2.06. The van der Waals surface area contributed by atoms with E-state index in [1.165, 1.54) is 0 Å². The fraction of sp³-hybridized carbons (Fsp3) is 0.154. The largest absolute Gasteiger partial charge is 0.445 e. The van der Waals surface area contributed by atoms with Crippen molar-refractivity contribution in [1.29, 1.82) is 0 Å². The molecule has 1 N–H and O–H groups in total. The zero-order chi connectivity index (χ0) is 11.9. The topological polar surface area (TPSA) is 38.3 Å². The molecule has 2 aromatic rings. The SMILES string of the molecule is O=C(NCc1ccsc1)OCc1ccccc1. The summed E-state index contributed by atoms with van der Waals surface area (Å²) in [5.41, 5.74) is 2.07. The maximum atomic E-state index is 11.4. The fourth-order valence-electron chi connectivity index (χ4n) is 1.34. The van der Waals surface area contributed by atoms with E-state index in [0.717, 1.165) is 11.1 Å². The Labute approximate surface area is 104 Å². The van der Waals surface area contributed by atoms with Gasteiger partial charge in [-0.2, -0.15) is 11.3 Å². The van der Waals surface area contributed by atoms with Crippen LogP contribution in [0.15, 0.2) is 47.2 Å². The van der Waals surface area contributed by atoms with Crippen molar-refractivity contribution in [3.63, 3.8) is 0 Å². The molecule has 0 saturated carbocycles. The zero-order valence-electron chi connectivity index (χ0n) is 9.26. The van der Waals surface area contributed by atoms with Crippen LogP contribution in [0.5, 0.6) is 0 Å². The molecule has 0 aliphatic heterocycles. The van der Waals surface area contributed by atoms with Crippen molar-refractivity contribution in [1.82, 2.24) is 5.32 Å². The van der Waals surface area contributed by atoms with Gasteiger partial charge >= 0.3 is 6.09 Å². The number of carbonyl (C=O) groups excluding carboxylic acids is 1. The van der Waals surface area contributed by atoms with Crippen LogP contribution in [0.4, 0.5) is 4.79 Å². The molecule has 0 aliphatic carbocycles. The molecule has 0 spiro atoms. The normalized spacial score (nSPS) is 9.88. The van der Waals surface area contributed by atoms with Gasteiger partial charge in [0.2, 0.25) is 0 Å². The lowest BCUT2D eigenvalue weighted by atomic mass is 10.2. The van der Waals surface area contributed by atoms with E-state index in [1.807, 2.05) is 47.2 Å². The van der Waals surface area contributed by atoms with E-state index in [4.69, 9.17) is 4.74 Å². The fourth-order valence-corrected chi connectivity index (χ4v) is 2.01. The summed E-state index contributed by atoms with van der Waals surface area (Å²) in [5, 5.41) is 6.68. The van der Waals surface area contributed by atoms with Gasteiger partial charge in [-0.05, 0) is 28.0 Å². The molecule has 0 unspecified atom stereocenters. The first kappa shape index (κ1) is 11.7. The van der Waals surface area contributed by atoms with E-state index in [2.05, 4.69) is 5.32 Å². The van der Waals surface area contributed by atoms with E-state index in [9.17, 15) is 4.79 Å². The van der Waals surface area contributed by atoms with Crippen molar-refractivity contribution in [3.8, 4) is 0 Å². The third-order valence-corrected chi connectivity index (χ3v) is 2.96. The van der Waals surface area contributed by atoms with Crippen LogP contribution in [0.2, 0.25) is 0 Å². The third kappa shape index (κ3) is 3.92. The smallest absolute Gasteiger partial charge is 0.407 e. The third-order valence-electron chi connectivity index (χ3n) is 2.23. The maximum absolute atomic E-state index is 11.4. The first-order chi connectivity index (χ1) is 8.34. The Hall–Kier alpha value is -1.81. The molecule has 0 atom stereocenters. The summed E-state index contributed by atoms with van der Waals surface area (Å²) in [6, 6.07) is 11.6. The number of carbonyl (C=O) groups is 1. The molecular formula is C13H13NO2S. The van der Waals surface area contributed by atoms with Crippen molar-refractivity contribution >= 4 is 17.4 Å². The van der Waals surface area contributed by atoms with Gasteiger partial charge in [-0.3, -0.25) is 0 Å². The van der Waals surface area contributed by atoms with Crippen molar-refractivity contribution in [2.75, 3.05) is 0 Å². The number of ether oxygens (including phenoxy) is 1. The number of nitrogens with one attached hydrogen (secondary N) is 1. The average Bonchev–Trinajstić information content (AvgIpc) is 2.88. The van der Waals surface area contributed by atoms with Crippen LogP contribution in [-0.2, 0) is 17.9 Å². The number of thiophene rings is 1. The molecule has 2 rings (SSSR count). The summed E-state index contributed by atoms with van der Waals surface area (Å²) in [7, 11) is 0. The van der Waals surface area contributed by atoms with E-state index < -0.39 is 0 Å². The van der Waals surface area contributed by atoms with Gasteiger partial charge in [-0.25, -0.2) is 4.79 Å². The molecule has 3 nitrogen and oxygen atoms in total. The average molecular weight is 247 g/mol. The van der Waals surface area contributed by atoms with Gasteiger partial charge in [0.1, 0.15) is 6.61 Å². The van der Waals surface area contributed by atoms with Gasteiger partial charge in [0.05, 0.1) is 0 Å². The van der Waals surface area contributed by atoms with Crippen LogP contribution < -0.4 is 5.32 Å². The molecular weight excluding hydrogens is 234 g/mol. The second-order valence-corrected chi connectivity index (χ2v) is 4.33. The van der Waals surface area contributed by atoms with Crippen LogP contribution in [0, 0.1) is 0 Å². The first-order valence-electron chi connectivity index (χ1n) is 5.30. The predicted molar refractivity (Wildman–Crippen MR) is 67.8 cm³/mol. The molecule has 17 heavy (non-hydrogen) atoms. The molecule has 1 amide bonds. The number of benzene rings is 1. The minimum atomic E-state index is -0.389. The Morgan fingerprint density at radius 2 is 2.00 bits per heavy atom. The molecule has 88 valence electrons. The molecule has 0 saturated heterocycles. The standard InChI is InChI=1S/C13H13NO2S/c15-13(14-8-12-6-7-17-10-12)16-9-11-4-2-1-3-5-11/h1-7,10H,8-9H2,(H,14,15). The number of hydrogen-bond acceptors (Lipinski definition) is 3. The summed E-state index contributed by atoms with van der Waals surface area (Å²) in [5.74, 6) is 0. The van der Waals surface area contributed by atoms with Gasteiger partial charge in [0.15, 0.2) is 0 Å². The molecule has 1 aromatic heterocycles. The Balaban J connectivity index is 1.71. The minimum Gasteiger partial charge on any atom is -0.445 e. The van der Waals surface area contributed by atoms with E-state index in [0.29, 0.717) is 13.2 Å². The Kier molecular flexibility index (Phi) is 4.16. The molecule has 0 aliphatic rings. The van der Waals surface area contributed by atoms with Crippen LogP contribution >= 0.6 is 11.3 Å². The van der Waals surface area contributed by atoms with Crippen LogP contribution in [0.25, 0.3) is 0 Å². The van der Waals surface area contributed by atoms with Crippen LogP contribution in [0.1, 0.15) is 11.1 Å². The highest BCUT2D eigenvalue weighted by molar-refractivity contribution is 7.07.